The molecule has 3 heterocycles. The average molecular weight is 487 g/mol. The van der Waals surface area contributed by atoms with Gasteiger partial charge < -0.3 is 5.32 Å². The number of nitrogens with one attached hydrogen (secondary N) is 1. The Hall–Kier alpha value is -2.56. The minimum Gasteiger partial charge on any atom is -0.302 e. The average Bonchev–Trinajstić information content (AvgIpc) is 3.34. The highest BCUT2D eigenvalue weighted by atomic mass is 79.9. The molecule has 0 aliphatic heterocycles. The van der Waals surface area contributed by atoms with Gasteiger partial charge in [0.25, 0.3) is 0 Å². The third kappa shape index (κ3) is 4.72. The summed E-state index contributed by atoms with van der Waals surface area (Å²) in [6.07, 6.45) is 3.50. The number of benzene rings is 1. The fraction of sp³-hybridized carbons (Fsp3) is 0.105. The van der Waals surface area contributed by atoms with Gasteiger partial charge >= 0.3 is 0 Å². The second-order valence-electron chi connectivity index (χ2n) is 5.97. The second kappa shape index (κ2) is 8.85. The number of anilines is 1. The van der Waals surface area contributed by atoms with Gasteiger partial charge in [-0.3, -0.25) is 14.3 Å². The van der Waals surface area contributed by atoms with Crippen LogP contribution in [0.15, 0.2) is 63.8 Å². The number of rotatable bonds is 6. The summed E-state index contributed by atoms with van der Waals surface area (Å²) in [5.74, 6) is 1.20. The normalized spacial score (nSPS) is 10.8. The Labute approximate surface area is 183 Å². The van der Waals surface area contributed by atoms with Gasteiger partial charge in [0, 0.05) is 46.2 Å². The molecule has 0 bridgehead atoms. The predicted molar refractivity (Wildman–Crippen MR) is 118 cm³/mol. The van der Waals surface area contributed by atoms with Crippen molar-refractivity contribution in [1.29, 1.82) is 0 Å². The molecule has 0 radical (unpaired) electrons. The third-order valence-electron chi connectivity index (χ3n) is 3.82. The molecular weight excluding hydrogens is 472 g/mol. The van der Waals surface area contributed by atoms with Crippen molar-refractivity contribution in [1.82, 2.24) is 24.7 Å². The maximum atomic E-state index is 11.2. The summed E-state index contributed by atoms with van der Waals surface area (Å²) < 4.78 is 3.01. The highest BCUT2D eigenvalue weighted by molar-refractivity contribution is 9.10. The summed E-state index contributed by atoms with van der Waals surface area (Å²) >= 11 is 6.42. The van der Waals surface area contributed by atoms with Crippen molar-refractivity contribution in [3.63, 3.8) is 0 Å². The zero-order valence-corrected chi connectivity index (χ0v) is 18.5. The Balaban J connectivity index is 1.64. The van der Waals surface area contributed by atoms with Gasteiger partial charge in [-0.05, 0) is 36.4 Å². The molecule has 1 aromatic carbocycles. The molecule has 0 spiro atoms. The quantitative estimate of drug-likeness (QED) is 0.394. The number of nitrogens with zero attached hydrogens (tertiary/aromatic N) is 5. The fourth-order valence-corrected chi connectivity index (χ4v) is 4.56. The number of thioether (sulfide) groups is 1. The van der Waals surface area contributed by atoms with E-state index in [0.717, 1.165) is 32.4 Å². The molecule has 1 N–H and O–H groups in total. The highest BCUT2D eigenvalue weighted by Gasteiger charge is 2.17. The lowest BCUT2D eigenvalue weighted by atomic mass is 10.2. The van der Waals surface area contributed by atoms with Crippen molar-refractivity contribution in [2.75, 3.05) is 5.32 Å². The Bertz CT molecular complexity index is 1130. The Morgan fingerprint density at radius 3 is 2.79 bits per heavy atom. The molecule has 0 saturated heterocycles. The fourth-order valence-electron chi connectivity index (χ4n) is 2.59. The van der Waals surface area contributed by atoms with Crippen LogP contribution in [0.3, 0.4) is 0 Å². The van der Waals surface area contributed by atoms with Crippen molar-refractivity contribution in [2.45, 2.75) is 17.8 Å². The number of aromatic nitrogens is 5. The molecule has 0 aliphatic rings. The lowest BCUT2D eigenvalue weighted by Crippen LogP contribution is -2.05. The first-order chi connectivity index (χ1) is 14.1. The molecule has 4 rings (SSSR count). The Morgan fingerprint density at radius 2 is 2.07 bits per heavy atom. The zero-order chi connectivity index (χ0) is 20.2. The molecule has 146 valence electrons. The predicted octanol–water partition coefficient (Wildman–Crippen LogP) is 4.80. The first-order valence-electron chi connectivity index (χ1n) is 8.56. The van der Waals surface area contributed by atoms with Crippen LogP contribution >= 0.6 is 39.0 Å². The molecule has 3 aromatic heterocycles. The second-order valence-corrected chi connectivity index (χ2v) is 8.69. The number of hydrogen-bond acceptors (Lipinski definition) is 7. The maximum absolute atomic E-state index is 11.2. The first-order valence-corrected chi connectivity index (χ1v) is 11.2. The number of thiazole rings is 1. The van der Waals surface area contributed by atoms with Gasteiger partial charge in [0.05, 0.1) is 5.69 Å². The molecule has 0 fully saturated rings. The molecule has 0 saturated carbocycles. The number of halogens is 1. The molecule has 0 atom stereocenters. The maximum Gasteiger partial charge on any atom is 0.223 e. The monoisotopic (exact) mass is 486 g/mol. The molecule has 7 nitrogen and oxygen atoms in total. The number of hydrogen-bond donors (Lipinski definition) is 1. The van der Waals surface area contributed by atoms with Gasteiger partial charge in [0.1, 0.15) is 0 Å². The molecule has 10 heteroatoms. The van der Waals surface area contributed by atoms with Crippen LogP contribution < -0.4 is 5.32 Å². The van der Waals surface area contributed by atoms with Crippen LogP contribution in [0.5, 0.6) is 0 Å². The summed E-state index contributed by atoms with van der Waals surface area (Å²) in [6, 6.07) is 11.8. The van der Waals surface area contributed by atoms with E-state index in [1.54, 1.807) is 12.4 Å². The van der Waals surface area contributed by atoms with Crippen molar-refractivity contribution in [2.24, 2.45) is 0 Å². The SMILES string of the molecule is CC(=O)Nc1nc(CSc2nnc(-c3cccnc3)n2-c2ccc(Br)cc2)cs1. The van der Waals surface area contributed by atoms with Crippen LogP contribution in [-0.2, 0) is 10.5 Å². The Kier molecular flexibility index (Phi) is 6.02. The van der Waals surface area contributed by atoms with E-state index in [1.807, 2.05) is 46.3 Å². The molecule has 0 aliphatic carbocycles. The van der Waals surface area contributed by atoms with Gasteiger partial charge in [-0.2, -0.15) is 0 Å². The standard InChI is InChI=1S/C19H15BrN6OS2/c1-12(27)22-18-23-15(10-28-18)11-29-19-25-24-17(13-3-2-8-21-9-13)26(19)16-6-4-14(20)5-7-16/h2-10H,11H2,1H3,(H,22,23,27). The van der Waals surface area contributed by atoms with Crippen LogP contribution in [0.4, 0.5) is 5.13 Å². The van der Waals surface area contributed by atoms with Gasteiger partial charge in [-0.25, -0.2) is 4.98 Å². The Morgan fingerprint density at radius 1 is 1.24 bits per heavy atom. The van der Waals surface area contributed by atoms with E-state index >= 15 is 0 Å². The largest absolute Gasteiger partial charge is 0.302 e. The van der Waals surface area contributed by atoms with Crippen LogP contribution in [0.1, 0.15) is 12.6 Å². The van der Waals surface area contributed by atoms with Crippen molar-refractivity contribution < 1.29 is 4.79 Å². The van der Waals surface area contributed by atoms with Crippen molar-refractivity contribution in [3.05, 3.63) is 64.3 Å². The van der Waals surface area contributed by atoms with Crippen molar-refractivity contribution >= 4 is 50.1 Å². The van der Waals surface area contributed by atoms with E-state index in [-0.39, 0.29) is 5.91 Å². The minimum atomic E-state index is -0.130. The number of carbonyl (C=O) groups excluding carboxylic acids is 1. The van der Waals surface area contributed by atoms with E-state index in [0.29, 0.717) is 10.9 Å². The van der Waals surface area contributed by atoms with E-state index in [9.17, 15) is 4.79 Å². The summed E-state index contributed by atoms with van der Waals surface area (Å²) in [5, 5.41) is 14.8. The third-order valence-corrected chi connectivity index (χ3v) is 6.12. The van der Waals surface area contributed by atoms with Gasteiger partial charge in [0.2, 0.25) is 5.91 Å². The lowest BCUT2D eigenvalue weighted by Gasteiger charge is -2.10. The van der Waals surface area contributed by atoms with Crippen LogP contribution in [0, 0.1) is 0 Å². The van der Waals surface area contributed by atoms with E-state index < -0.39 is 0 Å². The molecular formula is C19H15BrN6OS2. The molecule has 4 aromatic rings. The number of pyridine rings is 1. The molecule has 0 unspecified atom stereocenters. The minimum absolute atomic E-state index is 0.130. The van der Waals surface area contributed by atoms with Crippen LogP contribution in [-0.4, -0.2) is 30.6 Å². The summed E-state index contributed by atoms with van der Waals surface area (Å²) in [7, 11) is 0. The molecule has 1 amide bonds. The van der Waals surface area contributed by atoms with Crippen molar-refractivity contribution in [3.8, 4) is 17.1 Å². The van der Waals surface area contributed by atoms with Gasteiger partial charge in [-0.15, -0.1) is 21.5 Å². The zero-order valence-electron chi connectivity index (χ0n) is 15.2. The van der Waals surface area contributed by atoms with E-state index in [2.05, 4.69) is 41.4 Å². The van der Waals surface area contributed by atoms with Crippen LogP contribution in [0.25, 0.3) is 17.1 Å². The summed E-state index contributed by atoms with van der Waals surface area (Å²) in [5.41, 5.74) is 2.71. The van der Waals surface area contributed by atoms with Gasteiger partial charge in [0.15, 0.2) is 16.1 Å². The topological polar surface area (TPSA) is 85.6 Å². The summed E-state index contributed by atoms with van der Waals surface area (Å²) in [4.78, 5) is 19.8. The van der Waals surface area contributed by atoms with Crippen LogP contribution in [0.2, 0.25) is 0 Å². The molecule has 29 heavy (non-hydrogen) atoms. The smallest absolute Gasteiger partial charge is 0.223 e. The first kappa shape index (κ1) is 19.7. The summed E-state index contributed by atoms with van der Waals surface area (Å²) in [6.45, 7) is 1.47. The van der Waals surface area contributed by atoms with E-state index in [4.69, 9.17) is 0 Å². The highest BCUT2D eigenvalue weighted by Crippen LogP contribution is 2.30. The van der Waals surface area contributed by atoms with E-state index in [1.165, 1.54) is 30.0 Å². The number of amides is 1. The van der Waals surface area contributed by atoms with Gasteiger partial charge in [-0.1, -0.05) is 27.7 Å². The lowest BCUT2D eigenvalue weighted by molar-refractivity contribution is -0.114. The number of carbonyl (C=O) groups is 1.